The predicted octanol–water partition coefficient (Wildman–Crippen LogP) is 0.265. The summed E-state index contributed by atoms with van der Waals surface area (Å²) >= 11 is 0. The minimum absolute atomic E-state index is 0.0425. The van der Waals surface area contributed by atoms with Crippen LogP contribution in [0.4, 0.5) is 0 Å². The van der Waals surface area contributed by atoms with E-state index < -0.39 is 10.0 Å². The van der Waals surface area contributed by atoms with Crippen molar-refractivity contribution in [3.05, 3.63) is 0 Å². The molecule has 0 rings (SSSR count). The Labute approximate surface area is 105 Å². The van der Waals surface area contributed by atoms with Crippen LogP contribution in [0.3, 0.4) is 0 Å². The van der Waals surface area contributed by atoms with Crippen molar-refractivity contribution in [1.82, 2.24) is 9.62 Å². The molecule has 0 aliphatic rings. The van der Waals surface area contributed by atoms with Gasteiger partial charge in [-0.25, -0.2) is 13.1 Å². The lowest BCUT2D eigenvalue weighted by Crippen LogP contribution is -2.45. The molecule has 0 spiro atoms. The van der Waals surface area contributed by atoms with Crippen LogP contribution in [0.15, 0.2) is 0 Å². The standard InChI is InChI=1S/C11H26N2O3S/c1-10(2)11(9-13(3)4)12-17(15,16)8-6-5-7-14/h10-12,14H,5-9H2,1-4H3. The minimum Gasteiger partial charge on any atom is -0.396 e. The Balaban J connectivity index is 4.32. The number of unbranched alkanes of at least 4 members (excludes halogenated alkanes) is 1. The monoisotopic (exact) mass is 266 g/mol. The first-order valence-corrected chi connectivity index (χ1v) is 7.69. The van der Waals surface area contributed by atoms with Gasteiger partial charge in [-0.3, -0.25) is 0 Å². The third kappa shape index (κ3) is 8.54. The molecular weight excluding hydrogens is 240 g/mol. The van der Waals surface area contributed by atoms with Crippen LogP contribution >= 0.6 is 0 Å². The highest BCUT2D eigenvalue weighted by molar-refractivity contribution is 7.89. The number of aliphatic hydroxyl groups excluding tert-OH is 1. The molecular formula is C11H26N2O3S. The van der Waals surface area contributed by atoms with Crippen LogP contribution in [0.2, 0.25) is 0 Å². The second-order valence-electron chi connectivity index (χ2n) is 4.98. The number of hydrogen-bond acceptors (Lipinski definition) is 4. The van der Waals surface area contributed by atoms with Gasteiger partial charge in [0.2, 0.25) is 10.0 Å². The van der Waals surface area contributed by atoms with Crippen LogP contribution in [0.5, 0.6) is 0 Å². The van der Waals surface area contributed by atoms with Gasteiger partial charge < -0.3 is 10.0 Å². The molecule has 0 saturated carbocycles. The van der Waals surface area contributed by atoms with Crippen molar-refractivity contribution in [3.63, 3.8) is 0 Å². The average Bonchev–Trinajstić information content (AvgIpc) is 2.15. The van der Waals surface area contributed by atoms with Gasteiger partial charge in [0.05, 0.1) is 5.75 Å². The van der Waals surface area contributed by atoms with Crippen molar-refractivity contribution in [2.45, 2.75) is 32.7 Å². The Morgan fingerprint density at radius 2 is 1.82 bits per heavy atom. The van der Waals surface area contributed by atoms with E-state index in [9.17, 15) is 8.42 Å². The van der Waals surface area contributed by atoms with Gasteiger partial charge in [0.1, 0.15) is 0 Å². The van der Waals surface area contributed by atoms with Crippen LogP contribution in [0, 0.1) is 5.92 Å². The molecule has 0 aromatic carbocycles. The summed E-state index contributed by atoms with van der Waals surface area (Å²) in [6.07, 6.45) is 1.03. The topological polar surface area (TPSA) is 69.6 Å². The Kier molecular flexibility index (Phi) is 7.94. The van der Waals surface area contributed by atoms with Crippen LogP contribution in [-0.4, -0.2) is 57.5 Å². The van der Waals surface area contributed by atoms with Crippen molar-refractivity contribution in [3.8, 4) is 0 Å². The molecule has 0 saturated heterocycles. The highest BCUT2D eigenvalue weighted by atomic mass is 32.2. The van der Waals surface area contributed by atoms with E-state index in [1.807, 2.05) is 32.8 Å². The van der Waals surface area contributed by atoms with Crippen molar-refractivity contribution >= 4 is 10.0 Å². The lowest BCUT2D eigenvalue weighted by atomic mass is 10.1. The van der Waals surface area contributed by atoms with E-state index in [1.165, 1.54) is 0 Å². The molecule has 17 heavy (non-hydrogen) atoms. The fraction of sp³-hybridized carbons (Fsp3) is 1.00. The summed E-state index contributed by atoms with van der Waals surface area (Å²) in [5.74, 6) is 0.342. The third-order valence-corrected chi connectivity index (χ3v) is 4.01. The summed E-state index contributed by atoms with van der Waals surface area (Å²) in [7, 11) is 0.621. The van der Waals surface area contributed by atoms with Gasteiger partial charge >= 0.3 is 0 Å². The third-order valence-electron chi connectivity index (χ3n) is 2.52. The summed E-state index contributed by atoms with van der Waals surface area (Å²) in [4.78, 5) is 1.97. The van der Waals surface area contributed by atoms with Gasteiger partial charge in [-0.15, -0.1) is 0 Å². The van der Waals surface area contributed by atoms with Gasteiger partial charge in [0.25, 0.3) is 0 Å². The lowest BCUT2D eigenvalue weighted by Gasteiger charge is -2.25. The molecule has 0 heterocycles. The Hall–Kier alpha value is -0.170. The molecule has 1 atom stereocenters. The zero-order valence-electron chi connectivity index (χ0n) is 11.3. The first-order valence-electron chi connectivity index (χ1n) is 6.04. The number of nitrogens with one attached hydrogen (secondary N) is 1. The van der Waals surface area contributed by atoms with E-state index in [-0.39, 0.29) is 24.3 Å². The molecule has 104 valence electrons. The van der Waals surface area contributed by atoms with E-state index in [0.29, 0.717) is 19.4 Å². The summed E-state index contributed by atoms with van der Waals surface area (Å²) in [6.45, 7) is 4.74. The molecule has 0 fully saturated rings. The van der Waals surface area contributed by atoms with E-state index in [0.717, 1.165) is 0 Å². The predicted molar refractivity (Wildman–Crippen MR) is 70.4 cm³/mol. The van der Waals surface area contributed by atoms with Crippen LogP contribution in [-0.2, 0) is 10.0 Å². The van der Waals surface area contributed by atoms with E-state index >= 15 is 0 Å². The normalized spacial score (nSPS) is 14.5. The molecule has 0 bridgehead atoms. The highest BCUT2D eigenvalue weighted by Gasteiger charge is 2.20. The van der Waals surface area contributed by atoms with Gasteiger partial charge in [0, 0.05) is 19.2 Å². The molecule has 0 radical (unpaired) electrons. The highest BCUT2D eigenvalue weighted by Crippen LogP contribution is 2.05. The maximum absolute atomic E-state index is 11.8. The van der Waals surface area contributed by atoms with Crippen LogP contribution in [0.25, 0.3) is 0 Å². The van der Waals surface area contributed by atoms with E-state index in [2.05, 4.69) is 4.72 Å². The van der Waals surface area contributed by atoms with Crippen molar-refractivity contribution in [2.75, 3.05) is 33.0 Å². The molecule has 0 aliphatic carbocycles. The lowest BCUT2D eigenvalue weighted by molar-refractivity contribution is 0.287. The zero-order chi connectivity index (χ0) is 13.5. The van der Waals surface area contributed by atoms with Crippen LogP contribution < -0.4 is 4.72 Å². The second-order valence-corrected chi connectivity index (χ2v) is 6.85. The summed E-state index contributed by atoms with van der Waals surface area (Å²) < 4.78 is 26.3. The fourth-order valence-electron chi connectivity index (χ4n) is 1.47. The van der Waals surface area contributed by atoms with E-state index in [4.69, 9.17) is 5.11 Å². The largest absolute Gasteiger partial charge is 0.396 e. The maximum atomic E-state index is 11.8. The average molecular weight is 266 g/mol. The van der Waals surface area contributed by atoms with Gasteiger partial charge in [0.15, 0.2) is 0 Å². The van der Waals surface area contributed by atoms with Gasteiger partial charge in [-0.05, 0) is 32.9 Å². The molecule has 0 aliphatic heterocycles. The maximum Gasteiger partial charge on any atom is 0.211 e. The number of rotatable bonds is 9. The molecule has 0 amide bonds. The molecule has 0 aromatic rings. The number of hydrogen-bond donors (Lipinski definition) is 2. The molecule has 5 nitrogen and oxygen atoms in total. The number of likely N-dealkylation sites (N-methyl/N-ethyl adjacent to an activating group) is 1. The summed E-state index contributed by atoms with van der Waals surface area (Å²) in [5, 5.41) is 8.63. The minimum atomic E-state index is -3.23. The van der Waals surface area contributed by atoms with Crippen molar-refractivity contribution in [2.24, 2.45) is 5.92 Å². The van der Waals surface area contributed by atoms with E-state index in [1.54, 1.807) is 0 Å². The SMILES string of the molecule is CC(C)C(CN(C)C)NS(=O)(=O)CCCCO. The number of aliphatic hydroxyl groups is 1. The zero-order valence-corrected chi connectivity index (χ0v) is 12.1. The molecule has 0 aromatic heterocycles. The smallest absolute Gasteiger partial charge is 0.211 e. The second kappa shape index (κ2) is 8.02. The summed E-state index contributed by atoms with van der Waals surface area (Å²) in [6, 6.07) is -0.0656. The molecule has 2 N–H and O–H groups in total. The van der Waals surface area contributed by atoms with Crippen molar-refractivity contribution < 1.29 is 13.5 Å². The van der Waals surface area contributed by atoms with Gasteiger partial charge in [-0.2, -0.15) is 0 Å². The first kappa shape index (κ1) is 16.8. The summed E-state index contributed by atoms with van der Waals surface area (Å²) in [5.41, 5.74) is 0. The fourth-order valence-corrected chi connectivity index (χ4v) is 2.98. The van der Waals surface area contributed by atoms with Gasteiger partial charge in [-0.1, -0.05) is 13.8 Å². The van der Waals surface area contributed by atoms with Crippen molar-refractivity contribution in [1.29, 1.82) is 0 Å². The Bertz CT molecular complexity index is 289. The van der Waals surface area contributed by atoms with Crippen LogP contribution in [0.1, 0.15) is 26.7 Å². The molecule has 1 unspecified atom stereocenters. The first-order chi connectivity index (χ1) is 7.78. The number of nitrogens with zero attached hydrogens (tertiary/aromatic N) is 1. The number of sulfonamides is 1. The Morgan fingerprint density at radius 3 is 2.24 bits per heavy atom. The Morgan fingerprint density at radius 1 is 1.24 bits per heavy atom. The molecule has 6 heteroatoms. The quantitative estimate of drug-likeness (QED) is 0.588.